The molecule has 36 heavy (non-hydrogen) atoms. The van der Waals surface area contributed by atoms with Gasteiger partial charge < -0.3 is 10.1 Å². The summed E-state index contributed by atoms with van der Waals surface area (Å²) in [6.07, 6.45) is 1.22. The fourth-order valence-corrected chi connectivity index (χ4v) is 4.70. The second kappa shape index (κ2) is 9.11. The van der Waals surface area contributed by atoms with Crippen molar-refractivity contribution in [2.75, 3.05) is 7.11 Å². The van der Waals surface area contributed by atoms with E-state index in [2.05, 4.69) is 36.6 Å². The van der Waals surface area contributed by atoms with Crippen LogP contribution in [0.4, 0.5) is 9.18 Å². The van der Waals surface area contributed by atoms with Crippen LogP contribution in [0.15, 0.2) is 30.3 Å². The maximum Gasteiger partial charge on any atom is 0.358 e. The van der Waals surface area contributed by atoms with E-state index in [9.17, 15) is 18.8 Å². The molecule has 1 saturated heterocycles. The number of benzene rings is 1. The van der Waals surface area contributed by atoms with Crippen molar-refractivity contribution in [1.29, 1.82) is 0 Å². The number of carbonyl (C=O) groups excluding carboxylic acids is 3. The minimum Gasteiger partial charge on any atom is -0.464 e. The number of halogens is 1. The second-order valence-corrected chi connectivity index (χ2v) is 8.90. The Morgan fingerprint density at radius 2 is 2.14 bits per heavy atom. The Bertz CT molecular complexity index is 1330. The molecule has 1 unspecified atom stereocenters. The van der Waals surface area contributed by atoms with E-state index in [1.807, 2.05) is 6.07 Å². The Morgan fingerprint density at radius 1 is 1.33 bits per heavy atom. The number of urea groups is 1. The monoisotopic (exact) mass is 497 g/mol. The average molecular weight is 497 g/mol. The molecule has 188 valence electrons. The van der Waals surface area contributed by atoms with Gasteiger partial charge in [-0.3, -0.25) is 20.1 Å². The van der Waals surface area contributed by atoms with Crippen molar-refractivity contribution >= 4 is 17.9 Å². The van der Waals surface area contributed by atoms with Gasteiger partial charge in [0.2, 0.25) is 0 Å². The van der Waals surface area contributed by atoms with Crippen LogP contribution in [0, 0.1) is 5.82 Å². The van der Waals surface area contributed by atoms with Gasteiger partial charge in [0.25, 0.3) is 5.91 Å². The Hall–Kier alpha value is -4.20. The number of aromatic nitrogens is 6. The number of ether oxygens (including phenoxy) is 1. The lowest BCUT2D eigenvalue weighted by molar-refractivity contribution is -0.127. The highest BCUT2D eigenvalue weighted by molar-refractivity contribution is 6.07. The SMILES string of the molecule is COC(=O)c1cc(C(NC2CC3(C2)NC(=O)NC3=O)c2nnnn2CCc2cccc(F)c2)n(C)n1. The van der Waals surface area contributed by atoms with Gasteiger partial charge in [-0.15, -0.1) is 5.10 Å². The van der Waals surface area contributed by atoms with Crippen LogP contribution < -0.4 is 16.0 Å². The number of nitrogens with zero attached hydrogens (tertiary/aromatic N) is 6. The molecule has 1 aromatic carbocycles. The Balaban J connectivity index is 1.41. The van der Waals surface area contributed by atoms with Gasteiger partial charge in [-0.1, -0.05) is 12.1 Å². The van der Waals surface area contributed by atoms with Crippen LogP contribution in [0.3, 0.4) is 0 Å². The van der Waals surface area contributed by atoms with E-state index >= 15 is 0 Å². The Labute approximate surface area is 204 Å². The molecule has 3 amide bonds. The number of amides is 3. The minimum atomic E-state index is -0.938. The number of rotatable bonds is 8. The summed E-state index contributed by atoms with van der Waals surface area (Å²) in [6.45, 7) is 0.374. The highest BCUT2D eigenvalue weighted by atomic mass is 19.1. The number of hydrogen-bond acceptors (Lipinski definition) is 9. The highest BCUT2D eigenvalue weighted by Crippen LogP contribution is 2.37. The predicted molar refractivity (Wildman–Crippen MR) is 120 cm³/mol. The molecule has 13 nitrogen and oxygen atoms in total. The molecule has 1 saturated carbocycles. The largest absolute Gasteiger partial charge is 0.464 e. The first-order valence-corrected chi connectivity index (χ1v) is 11.3. The first-order chi connectivity index (χ1) is 17.3. The van der Waals surface area contributed by atoms with E-state index in [0.29, 0.717) is 37.3 Å². The lowest BCUT2D eigenvalue weighted by Crippen LogP contribution is -2.63. The lowest BCUT2D eigenvalue weighted by Gasteiger charge is -2.43. The molecule has 3 heterocycles. The fourth-order valence-electron chi connectivity index (χ4n) is 4.70. The summed E-state index contributed by atoms with van der Waals surface area (Å²) < 4.78 is 21.5. The van der Waals surface area contributed by atoms with Crippen molar-refractivity contribution in [3.05, 3.63) is 58.9 Å². The van der Waals surface area contributed by atoms with Gasteiger partial charge in [0.05, 0.1) is 12.8 Å². The number of hydrogen-bond donors (Lipinski definition) is 3. The summed E-state index contributed by atoms with van der Waals surface area (Å²) in [5, 5.41) is 24.8. The molecule has 5 rings (SSSR count). The third kappa shape index (κ3) is 4.30. The van der Waals surface area contributed by atoms with Gasteiger partial charge in [0.15, 0.2) is 11.5 Å². The summed E-state index contributed by atoms with van der Waals surface area (Å²) >= 11 is 0. The molecule has 14 heteroatoms. The summed E-state index contributed by atoms with van der Waals surface area (Å²) in [5.74, 6) is -0.812. The van der Waals surface area contributed by atoms with Crippen molar-refractivity contribution in [3.8, 4) is 0 Å². The van der Waals surface area contributed by atoms with E-state index in [1.54, 1.807) is 23.9 Å². The molecule has 3 aromatic rings. The molecule has 1 atom stereocenters. The summed E-state index contributed by atoms with van der Waals surface area (Å²) in [5.41, 5.74) is 0.566. The number of aryl methyl sites for hydroxylation is 3. The second-order valence-electron chi connectivity index (χ2n) is 8.90. The number of imide groups is 1. The zero-order valence-corrected chi connectivity index (χ0v) is 19.6. The van der Waals surface area contributed by atoms with E-state index in [0.717, 1.165) is 5.56 Å². The molecule has 2 aromatic heterocycles. The summed E-state index contributed by atoms with van der Waals surface area (Å²) in [7, 11) is 2.96. The van der Waals surface area contributed by atoms with Gasteiger partial charge >= 0.3 is 12.0 Å². The molecular formula is C22H24FN9O4. The number of methoxy groups -OCH3 is 1. The predicted octanol–water partition coefficient (Wildman–Crippen LogP) is -0.00540. The van der Waals surface area contributed by atoms with E-state index < -0.39 is 23.6 Å². The van der Waals surface area contributed by atoms with Crippen LogP contribution in [0.2, 0.25) is 0 Å². The zero-order valence-electron chi connectivity index (χ0n) is 19.6. The number of esters is 1. The van der Waals surface area contributed by atoms with Crippen LogP contribution in [0.1, 0.15) is 46.5 Å². The summed E-state index contributed by atoms with van der Waals surface area (Å²) in [4.78, 5) is 35.9. The van der Waals surface area contributed by atoms with Crippen LogP contribution in [0.5, 0.6) is 0 Å². The van der Waals surface area contributed by atoms with Gasteiger partial charge in [-0.25, -0.2) is 18.7 Å². The van der Waals surface area contributed by atoms with E-state index in [-0.39, 0.29) is 23.5 Å². The van der Waals surface area contributed by atoms with Crippen LogP contribution in [-0.4, -0.2) is 66.6 Å². The van der Waals surface area contributed by atoms with Gasteiger partial charge in [-0.2, -0.15) is 5.10 Å². The lowest BCUT2D eigenvalue weighted by atomic mass is 9.72. The van der Waals surface area contributed by atoms with Crippen molar-refractivity contribution in [1.82, 2.24) is 45.9 Å². The molecule has 0 radical (unpaired) electrons. The van der Waals surface area contributed by atoms with Crippen LogP contribution in [-0.2, 0) is 29.5 Å². The molecule has 1 aliphatic heterocycles. The summed E-state index contributed by atoms with van der Waals surface area (Å²) in [6, 6.07) is 6.61. The minimum absolute atomic E-state index is 0.119. The molecule has 2 fully saturated rings. The highest BCUT2D eigenvalue weighted by Gasteiger charge is 2.56. The fraction of sp³-hybridized carbons (Fsp3) is 0.409. The maximum absolute atomic E-state index is 13.6. The molecular weight excluding hydrogens is 473 g/mol. The molecule has 1 aliphatic carbocycles. The topological polar surface area (TPSA) is 158 Å². The number of nitrogens with one attached hydrogen (secondary N) is 3. The first kappa shape index (κ1) is 23.5. The average Bonchev–Trinajstić information content (AvgIpc) is 3.52. The van der Waals surface area contributed by atoms with Crippen molar-refractivity contribution in [3.63, 3.8) is 0 Å². The van der Waals surface area contributed by atoms with Crippen molar-refractivity contribution < 1.29 is 23.5 Å². The third-order valence-electron chi connectivity index (χ3n) is 6.53. The molecule has 1 spiro atoms. The molecule has 2 aliphatic rings. The standard InChI is InChI=1S/C22H24FN9O4/c1-31-16(9-15(28-31)19(33)36-2)17(24-14-10-22(11-14)20(34)25-21(35)26-22)18-27-29-30-32(18)7-6-12-4-3-5-13(23)8-12/h3-5,8-9,14,17,24H,6-7,10-11H2,1-2H3,(H2,25,26,34,35). The molecule has 0 bridgehead atoms. The van der Waals surface area contributed by atoms with E-state index in [1.165, 1.54) is 23.9 Å². The Morgan fingerprint density at radius 3 is 2.83 bits per heavy atom. The third-order valence-corrected chi connectivity index (χ3v) is 6.53. The smallest absolute Gasteiger partial charge is 0.358 e. The van der Waals surface area contributed by atoms with Gasteiger partial charge in [0.1, 0.15) is 17.4 Å². The first-order valence-electron chi connectivity index (χ1n) is 11.3. The van der Waals surface area contributed by atoms with Crippen LogP contribution >= 0.6 is 0 Å². The number of carbonyl (C=O) groups is 3. The quantitative estimate of drug-likeness (QED) is 0.288. The normalized spacial score (nSPS) is 21.7. The van der Waals surface area contributed by atoms with Crippen molar-refractivity contribution in [2.24, 2.45) is 7.05 Å². The van der Waals surface area contributed by atoms with Gasteiger partial charge in [-0.05, 0) is 53.5 Å². The maximum atomic E-state index is 13.6. The Kier molecular flexibility index (Phi) is 5.96. The van der Waals surface area contributed by atoms with Crippen LogP contribution in [0.25, 0.3) is 0 Å². The molecule has 3 N–H and O–H groups in total. The zero-order chi connectivity index (χ0) is 25.4. The number of tetrazole rings is 1. The van der Waals surface area contributed by atoms with Crippen molar-refractivity contribution in [2.45, 2.75) is 43.4 Å². The van der Waals surface area contributed by atoms with E-state index in [4.69, 9.17) is 4.74 Å². The van der Waals surface area contributed by atoms with Gasteiger partial charge in [0, 0.05) is 19.6 Å².